The first-order chi connectivity index (χ1) is 6.27. The van der Waals surface area contributed by atoms with Gasteiger partial charge >= 0.3 is 0 Å². The molecule has 0 atom stereocenters. The van der Waals surface area contributed by atoms with E-state index in [2.05, 4.69) is 10.2 Å². The van der Waals surface area contributed by atoms with Crippen LogP contribution in [0.25, 0.3) is 11.1 Å². The van der Waals surface area contributed by atoms with Gasteiger partial charge in [0.25, 0.3) is 0 Å². The lowest BCUT2D eigenvalue weighted by Gasteiger charge is -2.00. The van der Waals surface area contributed by atoms with Crippen LogP contribution >= 0.6 is 22.9 Å². The van der Waals surface area contributed by atoms with Crippen molar-refractivity contribution in [3.63, 3.8) is 0 Å². The Kier molecular flexibility index (Phi) is 2.16. The Balaban J connectivity index is 2.57. The van der Waals surface area contributed by atoms with Crippen LogP contribution in [0.5, 0.6) is 0 Å². The minimum Gasteiger partial charge on any atom is -0.382 e. The van der Waals surface area contributed by atoms with Gasteiger partial charge in [0.1, 0.15) is 0 Å². The summed E-state index contributed by atoms with van der Waals surface area (Å²) in [5.74, 6) is 0.405. The van der Waals surface area contributed by atoms with Gasteiger partial charge in [-0.15, -0.1) is 10.2 Å². The fraction of sp³-hybridized carbons (Fsp3) is 0. The number of nitrogens with zero attached hydrogens (tertiary/aromatic N) is 2. The second kappa shape index (κ2) is 3.32. The van der Waals surface area contributed by atoms with E-state index < -0.39 is 0 Å². The van der Waals surface area contributed by atoms with E-state index in [1.54, 1.807) is 17.4 Å². The zero-order valence-electron chi connectivity index (χ0n) is 6.57. The number of halogens is 1. The third kappa shape index (κ3) is 1.64. The van der Waals surface area contributed by atoms with Gasteiger partial charge < -0.3 is 5.73 Å². The molecule has 5 heteroatoms. The molecule has 2 aromatic rings. The van der Waals surface area contributed by atoms with Crippen LogP contribution < -0.4 is 5.73 Å². The van der Waals surface area contributed by atoms with Crippen molar-refractivity contribution in [3.05, 3.63) is 28.0 Å². The van der Waals surface area contributed by atoms with E-state index in [9.17, 15) is 0 Å². The molecular weight excluding hydrogens is 206 g/mol. The number of rotatable bonds is 1. The smallest absolute Gasteiger partial charge is 0.154 e. The largest absolute Gasteiger partial charge is 0.382 e. The first-order valence-electron chi connectivity index (χ1n) is 3.58. The van der Waals surface area contributed by atoms with Crippen molar-refractivity contribution in [2.45, 2.75) is 0 Å². The maximum absolute atomic E-state index is 5.71. The molecule has 0 amide bonds. The highest BCUT2D eigenvalue weighted by molar-refractivity contribution is 7.08. The summed E-state index contributed by atoms with van der Waals surface area (Å²) in [5.41, 5.74) is 7.51. The van der Waals surface area contributed by atoms with Gasteiger partial charge in [-0.05, 0) is 28.5 Å². The Morgan fingerprint density at radius 2 is 2.23 bits per heavy atom. The van der Waals surface area contributed by atoms with Gasteiger partial charge in [-0.1, -0.05) is 11.6 Å². The molecule has 2 N–H and O–H groups in total. The van der Waals surface area contributed by atoms with Gasteiger partial charge in [0.15, 0.2) is 11.0 Å². The molecule has 0 spiro atoms. The van der Waals surface area contributed by atoms with E-state index in [1.165, 1.54) is 0 Å². The molecular formula is C8H6ClN3S. The predicted octanol–water partition coefficient (Wildman–Crippen LogP) is 2.44. The molecule has 0 unspecified atom stereocenters. The lowest BCUT2D eigenvalue weighted by molar-refractivity contribution is 1.04. The highest BCUT2D eigenvalue weighted by atomic mass is 35.5. The molecule has 0 aromatic carbocycles. The molecule has 0 saturated carbocycles. The number of thiophene rings is 1. The molecule has 66 valence electrons. The van der Waals surface area contributed by atoms with Crippen LogP contribution in [-0.4, -0.2) is 10.2 Å². The van der Waals surface area contributed by atoms with Crippen molar-refractivity contribution in [3.8, 4) is 11.1 Å². The van der Waals surface area contributed by atoms with Crippen LogP contribution in [0.2, 0.25) is 5.15 Å². The van der Waals surface area contributed by atoms with Gasteiger partial charge in [0.05, 0.1) is 0 Å². The third-order valence-electron chi connectivity index (χ3n) is 1.62. The van der Waals surface area contributed by atoms with Gasteiger partial charge in [0, 0.05) is 5.56 Å². The minimum atomic E-state index is 0.357. The Hall–Kier alpha value is -1.13. The highest BCUT2D eigenvalue weighted by Gasteiger charge is 2.05. The Morgan fingerprint density at radius 1 is 1.38 bits per heavy atom. The summed E-state index contributed by atoms with van der Waals surface area (Å²) in [6.07, 6.45) is 0. The fourth-order valence-corrected chi connectivity index (χ4v) is 1.83. The summed E-state index contributed by atoms with van der Waals surface area (Å²) < 4.78 is 0. The van der Waals surface area contributed by atoms with Crippen molar-refractivity contribution >= 4 is 28.8 Å². The molecule has 3 nitrogen and oxygen atoms in total. The normalized spacial score (nSPS) is 10.2. The van der Waals surface area contributed by atoms with Crippen LogP contribution in [0.4, 0.5) is 5.82 Å². The number of hydrogen-bond donors (Lipinski definition) is 1. The first-order valence-corrected chi connectivity index (χ1v) is 4.91. The number of nitrogen functional groups attached to an aromatic ring is 1. The highest BCUT2D eigenvalue weighted by Crippen LogP contribution is 2.27. The Bertz CT molecular complexity index is 413. The lowest BCUT2D eigenvalue weighted by Crippen LogP contribution is -1.95. The Labute approximate surface area is 84.2 Å². The monoisotopic (exact) mass is 211 g/mol. The Morgan fingerprint density at radius 3 is 2.92 bits per heavy atom. The van der Waals surface area contributed by atoms with E-state index >= 15 is 0 Å². The van der Waals surface area contributed by atoms with Crippen molar-refractivity contribution in [2.24, 2.45) is 0 Å². The van der Waals surface area contributed by atoms with Gasteiger partial charge in [-0.3, -0.25) is 0 Å². The molecule has 13 heavy (non-hydrogen) atoms. The first kappa shape index (κ1) is 8.47. The summed E-state index contributed by atoms with van der Waals surface area (Å²) in [5, 5.41) is 11.7. The summed E-state index contributed by atoms with van der Waals surface area (Å²) in [6, 6.07) is 3.68. The SMILES string of the molecule is Nc1nnc(Cl)cc1-c1ccsc1. The van der Waals surface area contributed by atoms with E-state index in [-0.39, 0.29) is 0 Å². The maximum atomic E-state index is 5.71. The molecule has 0 radical (unpaired) electrons. The van der Waals surface area contributed by atoms with Gasteiger partial charge in [0.2, 0.25) is 0 Å². The summed E-state index contributed by atoms with van der Waals surface area (Å²) in [4.78, 5) is 0. The van der Waals surface area contributed by atoms with Crippen molar-refractivity contribution in [1.82, 2.24) is 10.2 Å². The predicted molar refractivity (Wildman–Crippen MR) is 54.8 cm³/mol. The van der Waals surface area contributed by atoms with E-state index in [0.717, 1.165) is 11.1 Å². The summed E-state index contributed by atoms with van der Waals surface area (Å²) in [7, 11) is 0. The number of nitrogens with two attached hydrogens (primary N) is 1. The zero-order chi connectivity index (χ0) is 9.26. The molecule has 0 aliphatic heterocycles. The topological polar surface area (TPSA) is 51.8 Å². The molecule has 2 rings (SSSR count). The van der Waals surface area contributed by atoms with Crippen molar-refractivity contribution in [1.29, 1.82) is 0 Å². The summed E-state index contributed by atoms with van der Waals surface area (Å²) >= 11 is 7.31. The standard InChI is InChI=1S/C8H6ClN3S/c9-7-3-6(8(10)12-11-7)5-1-2-13-4-5/h1-4H,(H2,10,12). The second-order valence-electron chi connectivity index (χ2n) is 2.48. The van der Waals surface area contributed by atoms with E-state index in [1.807, 2.05) is 16.8 Å². The molecule has 0 saturated heterocycles. The fourth-order valence-electron chi connectivity index (χ4n) is 1.03. The van der Waals surface area contributed by atoms with E-state index in [4.69, 9.17) is 17.3 Å². The quantitative estimate of drug-likeness (QED) is 0.788. The molecule has 0 bridgehead atoms. The summed E-state index contributed by atoms with van der Waals surface area (Å²) in [6.45, 7) is 0. The zero-order valence-corrected chi connectivity index (χ0v) is 8.14. The van der Waals surface area contributed by atoms with E-state index in [0.29, 0.717) is 11.0 Å². The molecule has 2 aromatic heterocycles. The van der Waals surface area contributed by atoms with Crippen molar-refractivity contribution in [2.75, 3.05) is 5.73 Å². The average Bonchev–Trinajstić information content (AvgIpc) is 2.61. The van der Waals surface area contributed by atoms with Gasteiger partial charge in [-0.2, -0.15) is 11.3 Å². The van der Waals surface area contributed by atoms with Crippen LogP contribution in [0.1, 0.15) is 0 Å². The number of anilines is 1. The van der Waals surface area contributed by atoms with Crippen molar-refractivity contribution < 1.29 is 0 Å². The molecule has 0 aliphatic carbocycles. The third-order valence-corrected chi connectivity index (χ3v) is 2.49. The van der Waals surface area contributed by atoms with Crippen LogP contribution in [0, 0.1) is 0 Å². The lowest BCUT2D eigenvalue weighted by atomic mass is 10.1. The molecule has 0 fully saturated rings. The average molecular weight is 212 g/mol. The second-order valence-corrected chi connectivity index (χ2v) is 3.65. The molecule has 0 aliphatic rings. The maximum Gasteiger partial charge on any atom is 0.154 e. The van der Waals surface area contributed by atoms with Crippen LogP contribution in [0.15, 0.2) is 22.9 Å². The van der Waals surface area contributed by atoms with Gasteiger partial charge in [-0.25, -0.2) is 0 Å². The van der Waals surface area contributed by atoms with Crippen LogP contribution in [0.3, 0.4) is 0 Å². The molecule has 2 heterocycles. The minimum absolute atomic E-state index is 0.357. The number of aromatic nitrogens is 2. The number of hydrogen-bond acceptors (Lipinski definition) is 4. The van der Waals surface area contributed by atoms with Crippen LogP contribution in [-0.2, 0) is 0 Å².